The highest BCUT2D eigenvalue weighted by molar-refractivity contribution is 6.30. The Morgan fingerprint density at radius 3 is 2.29 bits per heavy atom. The van der Waals surface area contributed by atoms with Crippen LogP contribution in [0, 0.1) is 11.3 Å². The fraction of sp³-hybridized carbons (Fsp3) is 0.160. The third-order valence-electron chi connectivity index (χ3n) is 5.52. The summed E-state index contributed by atoms with van der Waals surface area (Å²) in [6.07, 6.45) is 4.17. The molecule has 31 heavy (non-hydrogen) atoms. The van der Waals surface area contributed by atoms with Gasteiger partial charge in [-0.1, -0.05) is 60.1 Å². The molecule has 1 aliphatic rings. The molecule has 0 saturated carbocycles. The van der Waals surface area contributed by atoms with Crippen LogP contribution >= 0.6 is 11.6 Å². The van der Waals surface area contributed by atoms with Gasteiger partial charge in [-0.3, -0.25) is 9.69 Å². The third-order valence-corrected chi connectivity index (χ3v) is 5.77. The summed E-state index contributed by atoms with van der Waals surface area (Å²) in [5.74, 6) is -1.17. The molecule has 1 aliphatic heterocycles. The first kappa shape index (κ1) is 20.6. The maximum Gasteiger partial charge on any atom is 0.299 e. The maximum atomic E-state index is 13.6. The van der Waals surface area contributed by atoms with Gasteiger partial charge in [0.05, 0.1) is 5.92 Å². The summed E-state index contributed by atoms with van der Waals surface area (Å²) in [7, 11) is 0. The third kappa shape index (κ3) is 4.16. The molecule has 0 saturated heterocycles. The fourth-order valence-corrected chi connectivity index (χ4v) is 4.11. The van der Waals surface area contributed by atoms with Gasteiger partial charge in [0.1, 0.15) is 11.6 Å². The standard InChI is InChI=1S/C25H20ClN3O2/c26-20-11-9-19(10-12-20)22-21(17-27)24(30)29(16-13-18-7-3-1-4-8-18)25(31)23(22)28-14-5-2-6-15-28/h1-12,14-15,22-23H,13,16H2/p+1/t22-,23+/m1/s1. The molecule has 1 aromatic heterocycles. The number of hydrogen-bond donors (Lipinski definition) is 1. The molecule has 5 nitrogen and oxygen atoms in total. The molecular weight excluding hydrogens is 410 g/mol. The minimum absolute atomic E-state index is 0.163. The number of nitriles is 1. The van der Waals surface area contributed by atoms with Crippen LogP contribution in [0.3, 0.4) is 0 Å². The van der Waals surface area contributed by atoms with E-state index in [-0.39, 0.29) is 23.9 Å². The molecule has 0 unspecified atom stereocenters. The molecule has 2 atom stereocenters. The van der Waals surface area contributed by atoms with Gasteiger partial charge in [0.2, 0.25) is 11.9 Å². The number of carbonyl (C=O) groups excluding carboxylic acids is 1. The first-order chi connectivity index (χ1) is 15.1. The first-order valence-electron chi connectivity index (χ1n) is 10.00. The Labute approximate surface area is 186 Å². The van der Waals surface area contributed by atoms with Gasteiger partial charge in [0.25, 0.3) is 5.91 Å². The number of aromatic nitrogens is 1. The quantitative estimate of drug-likeness (QED) is 0.612. The van der Waals surface area contributed by atoms with E-state index >= 15 is 0 Å². The zero-order chi connectivity index (χ0) is 21.8. The van der Waals surface area contributed by atoms with Crippen LogP contribution in [0.25, 0.3) is 0 Å². The highest BCUT2D eigenvalue weighted by atomic mass is 35.5. The van der Waals surface area contributed by atoms with E-state index in [0.29, 0.717) is 11.4 Å². The van der Waals surface area contributed by atoms with Crippen molar-refractivity contribution in [2.24, 2.45) is 0 Å². The molecule has 2 heterocycles. The van der Waals surface area contributed by atoms with Crippen LogP contribution in [-0.4, -0.2) is 22.5 Å². The van der Waals surface area contributed by atoms with Crippen molar-refractivity contribution in [3.63, 3.8) is 0 Å². The highest BCUT2D eigenvalue weighted by Gasteiger charge is 2.49. The number of carbonyl (C=O) groups is 1. The molecule has 0 radical (unpaired) electrons. The van der Waals surface area contributed by atoms with E-state index in [9.17, 15) is 15.2 Å². The number of rotatable bonds is 5. The van der Waals surface area contributed by atoms with Gasteiger partial charge in [-0.05, 0) is 29.7 Å². The minimum atomic E-state index is -0.705. The summed E-state index contributed by atoms with van der Waals surface area (Å²) in [5, 5.41) is 21.5. The van der Waals surface area contributed by atoms with Crippen LogP contribution in [0.1, 0.15) is 23.1 Å². The second kappa shape index (κ2) is 9.03. The summed E-state index contributed by atoms with van der Waals surface area (Å²) in [5.41, 5.74) is 1.95. The van der Waals surface area contributed by atoms with Crippen LogP contribution in [0.15, 0.2) is 96.6 Å². The van der Waals surface area contributed by atoms with Gasteiger partial charge in [0.15, 0.2) is 12.4 Å². The van der Waals surface area contributed by atoms with Gasteiger partial charge in [-0.15, -0.1) is 0 Å². The number of aliphatic hydroxyl groups excluding tert-OH is 1. The number of pyridine rings is 1. The number of hydrogen-bond acceptors (Lipinski definition) is 3. The van der Waals surface area contributed by atoms with E-state index in [1.165, 1.54) is 4.90 Å². The Morgan fingerprint density at radius 1 is 1.00 bits per heavy atom. The summed E-state index contributed by atoms with van der Waals surface area (Å²) in [6, 6.07) is 23.8. The Bertz CT molecular complexity index is 1140. The van der Waals surface area contributed by atoms with Crippen LogP contribution in [0.5, 0.6) is 0 Å². The van der Waals surface area contributed by atoms with Gasteiger partial charge in [-0.25, -0.2) is 0 Å². The zero-order valence-corrected chi connectivity index (χ0v) is 17.5. The molecule has 154 valence electrons. The molecule has 0 spiro atoms. The van der Waals surface area contributed by atoms with Crippen molar-refractivity contribution >= 4 is 17.5 Å². The topological polar surface area (TPSA) is 68.2 Å². The summed E-state index contributed by atoms with van der Waals surface area (Å²) >= 11 is 6.05. The fourth-order valence-electron chi connectivity index (χ4n) is 3.99. The lowest BCUT2D eigenvalue weighted by Crippen LogP contribution is -2.55. The van der Waals surface area contributed by atoms with Crippen molar-refractivity contribution in [3.8, 4) is 6.07 Å². The van der Waals surface area contributed by atoms with Gasteiger partial charge in [0, 0.05) is 23.7 Å². The molecular formula is C25H21ClN3O2+. The molecule has 0 bridgehead atoms. The average Bonchev–Trinajstić information content (AvgIpc) is 2.80. The predicted molar refractivity (Wildman–Crippen MR) is 117 cm³/mol. The van der Waals surface area contributed by atoms with E-state index in [4.69, 9.17) is 11.6 Å². The number of halogens is 1. The molecule has 0 aliphatic carbocycles. The number of aliphatic hydroxyl groups is 1. The number of benzene rings is 2. The first-order valence-corrected chi connectivity index (χ1v) is 10.4. The summed E-state index contributed by atoms with van der Waals surface area (Å²) in [4.78, 5) is 15.0. The van der Waals surface area contributed by atoms with E-state index < -0.39 is 12.0 Å². The Balaban J connectivity index is 1.79. The Hall–Kier alpha value is -3.62. The summed E-state index contributed by atoms with van der Waals surface area (Å²) < 4.78 is 1.79. The van der Waals surface area contributed by atoms with E-state index in [0.717, 1.165) is 11.1 Å². The maximum absolute atomic E-state index is 13.6. The number of allylic oxidation sites excluding steroid dienone is 1. The summed E-state index contributed by atoms with van der Waals surface area (Å²) in [6.45, 7) is 0.275. The predicted octanol–water partition coefficient (Wildman–Crippen LogP) is 4.33. The van der Waals surface area contributed by atoms with Gasteiger partial charge >= 0.3 is 0 Å². The molecule has 6 heteroatoms. The number of amides is 1. The molecule has 4 rings (SSSR count). The van der Waals surface area contributed by atoms with Crippen LogP contribution in [0.2, 0.25) is 5.02 Å². The monoisotopic (exact) mass is 430 g/mol. The van der Waals surface area contributed by atoms with Gasteiger partial charge in [-0.2, -0.15) is 9.83 Å². The van der Waals surface area contributed by atoms with Crippen molar-refractivity contribution in [1.82, 2.24) is 4.90 Å². The molecule has 0 fully saturated rings. The van der Waals surface area contributed by atoms with Crippen molar-refractivity contribution in [2.45, 2.75) is 18.4 Å². The smallest absolute Gasteiger partial charge is 0.299 e. The minimum Gasteiger partial charge on any atom is -0.494 e. The number of nitrogens with zero attached hydrogens (tertiary/aromatic N) is 3. The Morgan fingerprint density at radius 2 is 1.65 bits per heavy atom. The van der Waals surface area contributed by atoms with Crippen molar-refractivity contribution in [1.29, 1.82) is 5.26 Å². The molecule has 1 N–H and O–H groups in total. The van der Waals surface area contributed by atoms with Crippen molar-refractivity contribution < 1.29 is 14.5 Å². The van der Waals surface area contributed by atoms with E-state index in [1.807, 2.05) is 48.5 Å². The second-order valence-corrected chi connectivity index (χ2v) is 7.81. The van der Waals surface area contributed by atoms with E-state index in [2.05, 4.69) is 6.07 Å². The second-order valence-electron chi connectivity index (χ2n) is 7.37. The van der Waals surface area contributed by atoms with Crippen LogP contribution in [0.4, 0.5) is 0 Å². The van der Waals surface area contributed by atoms with Crippen molar-refractivity contribution in [3.05, 3.63) is 113 Å². The molecule has 2 aromatic carbocycles. The van der Waals surface area contributed by atoms with Crippen molar-refractivity contribution in [2.75, 3.05) is 6.54 Å². The lowest BCUT2D eigenvalue weighted by Gasteiger charge is -2.34. The average molecular weight is 431 g/mol. The van der Waals surface area contributed by atoms with Crippen LogP contribution in [-0.2, 0) is 11.2 Å². The lowest BCUT2D eigenvalue weighted by molar-refractivity contribution is -0.712. The van der Waals surface area contributed by atoms with E-state index in [1.54, 1.807) is 41.2 Å². The zero-order valence-electron chi connectivity index (χ0n) is 16.7. The van der Waals surface area contributed by atoms with Crippen LogP contribution < -0.4 is 4.57 Å². The lowest BCUT2D eigenvalue weighted by atomic mass is 9.81. The Kier molecular flexibility index (Phi) is 6.01. The van der Waals surface area contributed by atoms with Gasteiger partial charge < -0.3 is 5.11 Å². The molecule has 3 aromatic rings. The highest BCUT2D eigenvalue weighted by Crippen LogP contribution is 2.40. The normalized spacial score (nSPS) is 18.7. The largest absolute Gasteiger partial charge is 0.494 e. The SMILES string of the molecule is N#CC1=C(O)N(CCc2ccccc2)C(=O)[C@@H]([n+]2ccccc2)[C@@H]1c1ccc(Cl)cc1. The molecule has 1 amide bonds.